The van der Waals surface area contributed by atoms with Crippen molar-refractivity contribution in [3.63, 3.8) is 0 Å². The number of hydrogen-bond acceptors (Lipinski definition) is 5. The highest BCUT2D eigenvalue weighted by Crippen LogP contribution is 2.16. The molecule has 0 aliphatic carbocycles. The molecule has 0 atom stereocenters. The maximum absolute atomic E-state index is 5.50. The molecule has 0 spiro atoms. The van der Waals surface area contributed by atoms with Crippen LogP contribution in [-0.4, -0.2) is 14.8 Å². The Kier molecular flexibility index (Phi) is 3.56. The minimum Gasteiger partial charge on any atom is -0.409 e. The number of hydrogen-bond donors (Lipinski definition) is 1. The summed E-state index contributed by atoms with van der Waals surface area (Å²) in [5.41, 5.74) is 0.898. The van der Waals surface area contributed by atoms with Crippen molar-refractivity contribution in [1.29, 1.82) is 0 Å². The molecule has 0 aliphatic rings. The van der Waals surface area contributed by atoms with E-state index in [1.165, 1.54) is 0 Å². The van der Waals surface area contributed by atoms with Crippen LogP contribution >= 0.6 is 12.2 Å². The van der Waals surface area contributed by atoms with Crippen molar-refractivity contribution in [3.05, 3.63) is 59.6 Å². The zero-order valence-electron chi connectivity index (χ0n) is 10.6. The van der Waals surface area contributed by atoms with Gasteiger partial charge in [-0.05, 0) is 36.5 Å². The molecule has 2 heterocycles. The van der Waals surface area contributed by atoms with Crippen LogP contribution in [0.4, 0.5) is 5.82 Å². The van der Waals surface area contributed by atoms with E-state index in [1.54, 1.807) is 10.9 Å². The Morgan fingerprint density at radius 3 is 2.65 bits per heavy atom. The van der Waals surface area contributed by atoms with E-state index in [1.807, 2.05) is 48.5 Å². The maximum Gasteiger partial charge on any atom is 0.289 e. The molecule has 0 amide bonds. The molecular weight excluding hydrogens is 272 g/mol. The smallest absolute Gasteiger partial charge is 0.289 e. The van der Waals surface area contributed by atoms with E-state index < -0.39 is 0 Å². The minimum absolute atomic E-state index is 0.326. The average Bonchev–Trinajstić information content (AvgIpc) is 2.88. The van der Waals surface area contributed by atoms with Gasteiger partial charge in [0, 0.05) is 11.8 Å². The molecule has 6 heteroatoms. The number of rotatable bonds is 4. The van der Waals surface area contributed by atoms with Gasteiger partial charge in [-0.3, -0.25) is 0 Å². The topological polar surface area (TPSA) is 55.9 Å². The van der Waals surface area contributed by atoms with Crippen molar-refractivity contribution in [3.8, 4) is 11.5 Å². The number of anilines is 1. The largest absolute Gasteiger partial charge is 0.409 e. The normalized spacial score (nSPS) is 10.4. The van der Waals surface area contributed by atoms with Crippen LogP contribution in [0.15, 0.2) is 59.1 Å². The van der Waals surface area contributed by atoms with E-state index in [4.69, 9.17) is 16.6 Å². The first-order valence-electron chi connectivity index (χ1n) is 6.11. The van der Waals surface area contributed by atoms with Crippen LogP contribution in [0, 0.1) is 4.84 Å². The standard InChI is InChI=1S/C14H12N4OS/c20-14-18(10-16-12-8-4-5-9-15-12)17-13(19-14)11-6-2-1-3-7-11/h1-9H,10H2,(H,15,16). The Hall–Kier alpha value is -2.47. The highest BCUT2D eigenvalue weighted by atomic mass is 32.1. The Morgan fingerprint density at radius 2 is 1.90 bits per heavy atom. The van der Waals surface area contributed by atoms with Crippen molar-refractivity contribution in [2.75, 3.05) is 5.32 Å². The summed E-state index contributed by atoms with van der Waals surface area (Å²) < 4.78 is 7.09. The summed E-state index contributed by atoms with van der Waals surface area (Å²) in [6.07, 6.45) is 1.72. The zero-order valence-corrected chi connectivity index (χ0v) is 11.4. The van der Waals surface area contributed by atoms with Crippen LogP contribution in [0.2, 0.25) is 0 Å². The summed E-state index contributed by atoms with van der Waals surface area (Å²) in [6, 6.07) is 15.3. The number of nitrogens with one attached hydrogen (secondary N) is 1. The Labute approximate surface area is 120 Å². The van der Waals surface area contributed by atoms with E-state index in [2.05, 4.69) is 15.4 Å². The Morgan fingerprint density at radius 1 is 1.10 bits per heavy atom. The van der Waals surface area contributed by atoms with Gasteiger partial charge in [0.1, 0.15) is 12.5 Å². The second kappa shape index (κ2) is 5.66. The predicted molar refractivity (Wildman–Crippen MR) is 78.6 cm³/mol. The van der Waals surface area contributed by atoms with Crippen LogP contribution in [0.3, 0.4) is 0 Å². The summed E-state index contributed by atoms with van der Waals surface area (Å²) >= 11 is 5.16. The first-order valence-corrected chi connectivity index (χ1v) is 6.52. The quantitative estimate of drug-likeness (QED) is 0.745. The number of benzene rings is 1. The van der Waals surface area contributed by atoms with Gasteiger partial charge in [-0.25, -0.2) is 9.67 Å². The van der Waals surface area contributed by atoms with Crippen LogP contribution in [0.25, 0.3) is 11.5 Å². The molecule has 0 unspecified atom stereocenters. The molecule has 2 aromatic heterocycles. The van der Waals surface area contributed by atoms with Crippen molar-refractivity contribution in [2.24, 2.45) is 0 Å². The molecule has 0 radical (unpaired) electrons. The zero-order chi connectivity index (χ0) is 13.8. The van der Waals surface area contributed by atoms with Gasteiger partial charge in [0.15, 0.2) is 0 Å². The van der Waals surface area contributed by atoms with Crippen molar-refractivity contribution < 1.29 is 4.42 Å². The number of nitrogens with zero attached hydrogens (tertiary/aromatic N) is 3. The SMILES string of the molecule is S=c1oc(-c2ccccc2)nn1CNc1ccccn1. The maximum atomic E-state index is 5.50. The lowest BCUT2D eigenvalue weighted by Crippen LogP contribution is -2.10. The van der Waals surface area contributed by atoms with Crippen molar-refractivity contribution >= 4 is 18.0 Å². The van der Waals surface area contributed by atoms with Crippen LogP contribution in [0.1, 0.15) is 0 Å². The summed E-state index contributed by atoms with van der Waals surface area (Å²) in [7, 11) is 0. The molecule has 5 nitrogen and oxygen atoms in total. The monoisotopic (exact) mass is 284 g/mol. The van der Waals surface area contributed by atoms with Gasteiger partial charge < -0.3 is 9.73 Å². The van der Waals surface area contributed by atoms with E-state index in [-0.39, 0.29) is 0 Å². The van der Waals surface area contributed by atoms with Gasteiger partial charge in [-0.2, -0.15) is 0 Å². The second-order valence-corrected chi connectivity index (χ2v) is 4.44. The van der Waals surface area contributed by atoms with Crippen molar-refractivity contribution in [2.45, 2.75) is 6.67 Å². The lowest BCUT2D eigenvalue weighted by molar-refractivity contribution is 0.522. The van der Waals surface area contributed by atoms with Crippen molar-refractivity contribution in [1.82, 2.24) is 14.8 Å². The fourth-order valence-electron chi connectivity index (χ4n) is 1.73. The minimum atomic E-state index is 0.326. The van der Waals surface area contributed by atoms with Gasteiger partial charge >= 0.3 is 0 Å². The van der Waals surface area contributed by atoms with Crippen LogP contribution < -0.4 is 5.32 Å². The fourth-order valence-corrected chi connectivity index (χ4v) is 1.91. The summed E-state index contributed by atoms with van der Waals surface area (Å²) in [5, 5.41) is 7.48. The molecule has 3 aromatic rings. The molecule has 0 aliphatic heterocycles. The number of pyridine rings is 1. The van der Waals surface area contributed by atoms with E-state index in [9.17, 15) is 0 Å². The summed E-state index contributed by atoms with van der Waals surface area (Å²) in [4.78, 5) is 4.50. The molecule has 0 bridgehead atoms. The Bertz CT molecular complexity index is 737. The molecule has 0 fully saturated rings. The van der Waals surface area contributed by atoms with Gasteiger partial charge in [0.05, 0.1) is 0 Å². The molecule has 1 N–H and O–H groups in total. The third-order valence-corrected chi connectivity index (χ3v) is 3.00. The highest BCUT2D eigenvalue weighted by Gasteiger charge is 2.07. The highest BCUT2D eigenvalue weighted by molar-refractivity contribution is 7.71. The van der Waals surface area contributed by atoms with Gasteiger partial charge in [0.2, 0.25) is 5.89 Å². The molecule has 20 heavy (non-hydrogen) atoms. The second-order valence-electron chi connectivity index (χ2n) is 4.09. The predicted octanol–water partition coefficient (Wildman–Crippen LogP) is 3.34. The third kappa shape index (κ3) is 2.75. The first-order chi connectivity index (χ1) is 9.83. The van der Waals surface area contributed by atoms with Gasteiger partial charge in [-0.1, -0.05) is 24.3 Å². The lowest BCUT2D eigenvalue weighted by Gasteiger charge is -2.03. The fraction of sp³-hybridized carbons (Fsp3) is 0.0714. The molecule has 0 saturated heterocycles. The summed E-state index contributed by atoms with van der Waals surface area (Å²) in [5.74, 6) is 1.28. The molecule has 3 rings (SSSR count). The molecule has 100 valence electrons. The van der Waals surface area contributed by atoms with E-state index in [0.717, 1.165) is 11.4 Å². The van der Waals surface area contributed by atoms with E-state index in [0.29, 0.717) is 17.4 Å². The average molecular weight is 284 g/mol. The molecule has 0 saturated carbocycles. The number of aromatic nitrogens is 3. The third-order valence-electron chi connectivity index (χ3n) is 2.70. The molecule has 1 aromatic carbocycles. The lowest BCUT2D eigenvalue weighted by atomic mass is 10.2. The van der Waals surface area contributed by atoms with Crippen LogP contribution in [0.5, 0.6) is 0 Å². The van der Waals surface area contributed by atoms with E-state index >= 15 is 0 Å². The summed E-state index contributed by atoms with van der Waals surface area (Å²) in [6.45, 7) is 0.409. The molecular formula is C14H12N4OS. The Balaban J connectivity index is 1.78. The van der Waals surface area contributed by atoms with Gasteiger partial charge in [-0.15, -0.1) is 5.10 Å². The van der Waals surface area contributed by atoms with Crippen LogP contribution in [-0.2, 0) is 6.67 Å². The van der Waals surface area contributed by atoms with Gasteiger partial charge in [0.25, 0.3) is 4.84 Å². The first kappa shape index (κ1) is 12.6.